The second-order valence-corrected chi connectivity index (χ2v) is 6.14. The van der Waals surface area contributed by atoms with Crippen LogP contribution in [0, 0.1) is 0 Å². The van der Waals surface area contributed by atoms with Gasteiger partial charge in [0.15, 0.2) is 0 Å². The average molecular weight is 388 g/mol. The number of aliphatic carboxylic acids is 1. The first-order chi connectivity index (χ1) is 13.4. The van der Waals surface area contributed by atoms with Crippen LogP contribution in [0.5, 0.6) is 5.75 Å². The standard InChI is InChI=1S/C14H18N2O4.C5H6N2O/c1-20-12-4-2-11(3-5-12)14(19)16-8-6-15(7-9-16)10-13(17)18;6-5(8)4-2-1-3-7-4/h2-5H,6-10H2,1H3,(H,17,18);1-3,7H,(H2,6,8). The third kappa shape index (κ3) is 6.13. The molecule has 0 radical (unpaired) electrons. The number of methoxy groups -OCH3 is 1. The Bertz CT molecular complexity index is 781. The number of carbonyl (C=O) groups is 3. The molecule has 1 aliphatic rings. The molecule has 150 valence electrons. The van der Waals surface area contributed by atoms with Crippen molar-refractivity contribution in [2.24, 2.45) is 5.73 Å². The second kappa shape index (κ2) is 10.1. The van der Waals surface area contributed by atoms with Gasteiger partial charge in [-0.05, 0) is 36.4 Å². The first-order valence-electron chi connectivity index (χ1n) is 8.71. The molecule has 0 bridgehead atoms. The van der Waals surface area contributed by atoms with E-state index >= 15 is 0 Å². The maximum absolute atomic E-state index is 12.3. The van der Waals surface area contributed by atoms with Crippen molar-refractivity contribution in [2.45, 2.75) is 0 Å². The highest BCUT2D eigenvalue weighted by Gasteiger charge is 2.23. The van der Waals surface area contributed by atoms with Crippen molar-refractivity contribution in [3.05, 3.63) is 53.9 Å². The summed E-state index contributed by atoms with van der Waals surface area (Å²) in [4.78, 5) is 39.4. The number of aromatic nitrogens is 1. The molecule has 1 fully saturated rings. The van der Waals surface area contributed by atoms with Crippen LogP contribution >= 0.6 is 0 Å². The average Bonchev–Trinajstić information content (AvgIpc) is 3.23. The molecule has 2 aromatic rings. The Kier molecular flexibility index (Phi) is 7.58. The van der Waals surface area contributed by atoms with E-state index in [4.69, 9.17) is 15.6 Å². The van der Waals surface area contributed by atoms with Crippen LogP contribution in [0.4, 0.5) is 0 Å². The number of rotatable bonds is 5. The molecule has 2 amide bonds. The van der Waals surface area contributed by atoms with Gasteiger partial charge in [-0.1, -0.05) is 0 Å². The van der Waals surface area contributed by atoms with Crippen LogP contribution in [0.2, 0.25) is 0 Å². The summed E-state index contributed by atoms with van der Waals surface area (Å²) in [5, 5.41) is 8.73. The number of H-pyrrole nitrogens is 1. The number of benzene rings is 1. The lowest BCUT2D eigenvalue weighted by Crippen LogP contribution is -2.49. The Morgan fingerprint density at radius 3 is 2.18 bits per heavy atom. The van der Waals surface area contributed by atoms with Gasteiger partial charge in [0.25, 0.3) is 11.8 Å². The topological polar surface area (TPSA) is 129 Å². The van der Waals surface area contributed by atoms with Crippen LogP contribution in [0.15, 0.2) is 42.6 Å². The summed E-state index contributed by atoms with van der Waals surface area (Å²) >= 11 is 0. The molecule has 2 heterocycles. The van der Waals surface area contributed by atoms with Crippen molar-refractivity contribution in [1.82, 2.24) is 14.8 Å². The van der Waals surface area contributed by atoms with E-state index in [0.29, 0.717) is 43.2 Å². The summed E-state index contributed by atoms with van der Waals surface area (Å²) in [6, 6.07) is 10.3. The molecular formula is C19H24N4O5. The Hall–Kier alpha value is -3.33. The van der Waals surface area contributed by atoms with Crippen LogP contribution in [0.1, 0.15) is 20.8 Å². The third-order valence-corrected chi connectivity index (χ3v) is 4.22. The van der Waals surface area contributed by atoms with Crippen molar-refractivity contribution >= 4 is 17.8 Å². The summed E-state index contributed by atoms with van der Waals surface area (Å²) < 4.78 is 5.06. The molecule has 1 aromatic heterocycles. The molecule has 1 aliphatic heterocycles. The predicted octanol–water partition coefficient (Wildman–Crippen LogP) is 0.651. The van der Waals surface area contributed by atoms with Crippen molar-refractivity contribution < 1.29 is 24.2 Å². The number of carboxylic acid groups (broad SMARTS) is 1. The zero-order chi connectivity index (χ0) is 20.5. The SMILES string of the molecule is COc1ccc(C(=O)N2CCN(CC(=O)O)CC2)cc1.NC(=O)c1ccc[nH]1. The number of amides is 2. The Morgan fingerprint density at radius 1 is 1.11 bits per heavy atom. The maximum Gasteiger partial charge on any atom is 0.317 e. The van der Waals surface area contributed by atoms with Gasteiger partial charge in [0.1, 0.15) is 11.4 Å². The van der Waals surface area contributed by atoms with Crippen LogP contribution < -0.4 is 10.5 Å². The smallest absolute Gasteiger partial charge is 0.317 e. The molecule has 3 rings (SSSR count). The van der Waals surface area contributed by atoms with Crippen LogP contribution in [0.3, 0.4) is 0 Å². The largest absolute Gasteiger partial charge is 0.497 e. The second-order valence-electron chi connectivity index (χ2n) is 6.14. The number of nitrogens with zero attached hydrogens (tertiary/aromatic N) is 2. The van der Waals surface area contributed by atoms with Crippen molar-refractivity contribution in [3.8, 4) is 5.75 Å². The van der Waals surface area contributed by atoms with E-state index < -0.39 is 11.9 Å². The number of piperazine rings is 1. The molecule has 1 saturated heterocycles. The number of ether oxygens (including phenoxy) is 1. The quantitative estimate of drug-likeness (QED) is 0.690. The Balaban J connectivity index is 0.000000292. The summed E-state index contributed by atoms with van der Waals surface area (Å²) in [5.41, 5.74) is 5.96. The van der Waals surface area contributed by atoms with Crippen molar-refractivity contribution in [3.63, 3.8) is 0 Å². The number of nitrogens with two attached hydrogens (primary N) is 1. The molecular weight excluding hydrogens is 364 g/mol. The lowest BCUT2D eigenvalue weighted by molar-refractivity contribution is -0.138. The maximum atomic E-state index is 12.3. The fourth-order valence-corrected chi connectivity index (χ4v) is 2.70. The van der Waals surface area contributed by atoms with E-state index in [1.165, 1.54) is 0 Å². The molecule has 0 saturated carbocycles. The van der Waals surface area contributed by atoms with Gasteiger partial charge in [-0.2, -0.15) is 0 Å². The zero-order valence-electron chi connectivity index (χ0n) is 15.6. The van der Waals surface area contributed by atoms with Crippen LogP contribution in [-0.2, 0) is 4.79 Å². The van der Waals surface area contributed by atoms with Crippen LogP contribution in [-0.4, -0.2) is 77.5 Å². The summed E-state index contributed by atoms with van der Waals surface area (Å²) in [7, 11) is 1.58. The van der Waals surface area contributed by atoms with E-state index in [0.717, 1.165) is 0 Å². The number of hydrogen-bond donors (Lipinski definition) is 3. The number of primary amides is 1. The fraction of sp³-hybridized carbons (Fsp3) is 0.316. The lowest BCUT2D eigenvalue weighted by atomic mass is 10.1. The first-order valence-corrected chi connectivity index (χ1v) is 8.71. The van der Waals surface area contributed by atoms with Gasteiger partial charge >= 0.3 is 5.97 Å². The highest BCUT2D eigenvalue weighted by atomic mass is 16.5. The molecule has 28 heavy (non-hydrogen) atoms. The minimum Gasteiger partial charge on any atom is -0.497 e. The van der Waals surface area contributed by atoms with Gasteiger partial charge in [0.2, 0.25) is 0 Å². The zero-order valence-corrected chi connectivity index (χ0v) is 15.6. The summed E-state index contributed by atoms with van der Waals surface area (Å²) in [6.07, 6.45) is 1.65. The number of carbonyl (C=O) groups excluding carboxylic acids is 2. The number of hydrogen-bond acceptors (Lipinski definition) is 5. The van der Waals surface area contributed by atoms with E-state index in [-0.39, 0.29) is 12.5 Å². The molecule has 9 heteroatoms. The van der Waals surface area contributed by atoms with Gasteiger partial charge in [-0.25, -0.2) is 0 Å². The van der Waals surface area contributed by atoms with E-state index in [1.807, 2.05) is 4.90 Å². The normalized spacial score (nSPS) is 14.0. The number of nitrogens with one attached hydrogen (secondary N) is 1. The highest BCUT2D eigenvalue weighted by Crippen LogP contribution is 2.14. The molecule has 0 spiro atoms. The molecule has 0 unspecified atom stereocenters. The monoisotopic (exact) mass is 388 g/mol. The Morgan fingerprint density at radius 2 is 1.75 bits per heavy atom. The summed E-state index contributed by atoms with van der Waals surface area (Å²) in [5.74, 6) is -0.564. The van der Waals surface area contributed by atoms with E-state index in [9.17, 15) is 14.4 Å². The van der Waals surface area contributed by atoms with E-state index in [1.54, 1.807) is 54.6 Å². The van der Waals surface area contributed by atoms with E-state index in [2.05, 4.69) is 4.98 Å². The van der Waals surface area contributed by atoms with Gasteiger partial charge in [0, 0.05) is 37.9 Å². The number of aromatic amines is 1. The molecule has 4 N–H and O–H groups in total. The van der Waals surface area contributed by atoms with Gasteiger partial charge in [0.05, 0.1) is 13.7 Å². The molecule has 0 atom stereocenters. The molecule has 0 aliphatic carbocycles. The summed E-state index contributed by atoms with van der Waals surface area (Å²) in [6.45, 7) is 2.32. The van der Waals surface area contributed by atoms with Crippen molar-refractivity contribution in [1.29, 1.82) is 0 Å². The fourth-order valence-electron chi connectivity index (χ4n) is 2.70. The van der Waals surface area contributed by atoms with Crippen LogP contribution in [0.25, 0.3) is 0 Å². The Labute approximate surface area is 162 Å². The van der Waals surface area contributed by atoms with Crippen molar-refractivity contribution in [2.75, 3.05) is 39.8 Å². The van der Waals surface area contributed by atoms with Gasteiger partial charge < -0.3 is 25.5 Å². The first kappa shape index (κ1) is 21.0. The minimum absolute atomic E-state index is 0.0253. The number of carboxylic acids is 1. The molecule has 9 nitrogen and oxygen atoms in total. The minimum atomic E-state index is -0.833. The van der Waals surface area contributed by atoms with Gasteiger partial charge in [-0.15, -0.1) is 0 Å². The molecule has 1 aromatic carbocycles. The lowest BCUT2D eigenvalue weighted by Gasteiger charge is -2.33. The third-order valence-electron chi connectivity index (χ3n) is 4.22. The van der Waals surface area contributed by atoms with Gasteiger partial charge in [-0.3, -0.25) is 19.3 Å². The highest BCUT2D eigenvalue weighted by molar-refractivity contribution is 5.94. The predicted molar refractivity (Wildman–Crippen MR) is 102 cm³/mol.